The van der Waals surface area contributed by atoms with Crippen LogP contribution in [0, 0.1) is 0 Å². The van der Waals surface area contributed by atoms with E-state index in [9.17, 15) is 0 Å². The fourth-order valence-electron chi connectivity index (χ4n) is 0.780. The molecule has 0 saturated carbocycles. The van der Waals surface area contributed by atoms with E-state index in [1.165, 1.54) is 0 Å². The molecular formula is C6H12O2. The Balaban J connectivity index is 2.42. The van der Waals surface area contributed by atoms with Gasteiger partial charge in [0.1, 0.15) is 6.10 Å². The van der Waals surface area contributed by atoms with Crippen LogP contribution in [0.5, 0.6) is 0 Å². The largest absolute Gasteiger partial charge is 0.388 e. The number of hydrogen-bond donors (Lipinski definition) is 1. The smallest absolute Gasteiger partial charge is 0.106 e. The summed E-state index contributed by atoms with van der Waals surface area (Å²) in [6, 6.07) is 0. The summed E-state index contributed by atoms with van der Waals surface area (Å²) in [4.78, 5) is 0. The predicted octanol–water partition coefficient (Wildman–Crippen LogP) is 0.546. The van der Waals surface area contributed by atoms with E-state index < -0.39 is 0 Å². The Morgan fingerprint density at radius 3 is 2.50 bits per heavy atom. The van der Waals surface area contributed by atoms with E-state index in [0.29, 0.717) is 6.61 Å². The van der Waals surface area contributed by atoms with Crippen LogP contribution in [0.3, 0.4) is 0 Å². The Morgan fingerprint density at radius 1 is 1.88 bits per heavy atom. The van der Waals surface area contributed by atoms with E-state index in [4.69, 9.17) is 9.84 Å². The second-order valence-corrected chi connectivity index (χ2v) is 2.49. The summed E-state index contributed by atoms with van der Waals surface area (Å²) in [7, 11) is 0. The molecule has 1 rings (SSSR count). The van der Waals surface area contributed by atoms with Gasteiger partial charge in [0.2, 0.25) is 0 Å². The highest BCUT2D eigenvalue weighted by Crippen LogP contribution is 2.28. The second kappa shape index (κ2) is 1.71. The van der Waals surface area contributed by atoms with E-state index >= 15 is 0 Å². The van der Waals surface area contributed by atoms with E-state index in [1.54, 1.807) is 0 Å². The van der Waals surface area contributed by atoms with Crippen LogP contribution in [0.25, 0.3) is 0 Å². The van der Waals surface area contributed by atoms with E-state index in [2.05, 4.69) is 0 Å². The van der Waals surface area contributed by atoms with Crippen LogP contribution in [-0.4, -0.2) is 23.4 Å². The molecule has 1 aliphatic rings. The van der Waals surface area contributed by atoms with E-state index in [-0.39, 0.29) is 11.7 Å². The Labute approximate surface area is 49.5 Å². The minimum Gasteiger partial charge on any atom is -0.388 e. The molecule has 0 aliphatic carbocycles. The molecule has 2 heteroatoms. The summed E-state index contributed by atoms with van der Waals surface area (Å²) < 4.78 is 5.13. The molecule has 2 atom stereocenters. The van der Waals surface area contributed by atoms with Gasteiger partial charge in [0, 0.05) is 0 Å². The van der Waals surface area contributed by atoms with Crippen molar-refractivity contribution >= 4 is 0 Å². The average molecular weight is 116 g/mol. The molecule has 0 radical (unpaired) electrons. The van der Waals surface area contributed by atoms with Crippen molar-refractivity contribution < 1.29 is 9.84 Å². The average Bonchev–Trinajstić information content (AvgIpc) is 1.83. The molecule has 0 spiro atoms. The maximum Gasteiger partial charge on any atom is 0.106 e. The number of hydrogen-bond acceptors (Lipinski definition) is 2. The predicted molar refractivity (Wildman–Crippen MR) is 30.7 cm³/mol. The van der Waals surface area contributed by atoms with Crippen molar-refractivity contribution in [3.05, 3.63) is 0 Å². The van der Waals surface area contributed by atoms with Gasteiger partial charge in [-0.25, -0.2) is 0 Å². The van der Waals surface area contributed by atoms with Crippen LogP contribution in [0.2, 0.25) is 0 Å². The maximum absolute atomic E-state index is 9.04. The van der Waals surface area contributed by atoms with Crippen molar-refractivity contribution in [2.75, 3.05) is 6.61 Å². The fraction of sp³-hybridized carbons (Fsp3) is 1.00. The van der Waals surface area contributed by atoms with E-state index in [1.807, 2.05) is 13.8 Å². The lowest BCUT2D eigenvalue weighted by Gasteiger charge is -2.43. The molecule has 0 aromatic rings. The fourth-order valence-corrected chi connectivity index (χ4v) is 0.780. The minimum atomic E-state index is -0.229. The van der Waals surface area contributed by atoms with Gasteiger partial charge in [-0.3, -0.25) is 0 Å². The van der Waals surface area contributed by atoms with Crippen molar-refractivity contribution in [1.82, 2.24) is 0 Å². The zero-order chi connectivity index (χ0) is 6.20. The minimum absolute atomic E-state index is 0.222. The van der Waals surface area contributed by atoms with Gasteiger partial charge in [-0.05, 0) is 13.3 Å². The molecule has 1 aliphatic heterocycles. The van der Waals surface area contributed by atoms with Crippen molar-refractivity contribution in [2.24, 2.45) is 0 Å². The van der Waals surface area contributed by atoms with Crippen LogP contribution < -0.4 is 0 Å². The van der Waals surface area contributed by atoms with Crippen molar-refractivity contribution in [1.29, 1.82) is 0 Å². The zero-order valence-corrected chi connectivity index (χ0v) is 5.35. The van der Waals surface area contributed by atoms with Gasteiger partial charge in [-0.2, -0.15) is 0 Å². The Hall–Kier alpha value is -0.0800. The Kier molecular flexibility index (Phi) is 1.29. The quantitative estimate of drug-likeness (QED) is 0.542. The van der Waals surface area contributed by atoms with Crippen LogP contribution in [-0.2, 0) is 4.74 Å². The Bertz CT molecular complexity index is 88.5. The lowest BCUT2D eigenvalue weighted by atomic mass is 9.91. The SMILES string of the molecule is CCC1(C)OCC1O. The summed E-state index contributed by atoms with van der Waals surface area (Å²) >= 11 is 0. The molecule has 1 saturated heterocycles. The van der Waals surface area contributed by atoms with Gasteiger partial charge >= 0.3 is 0 Å². The van der Waals surface area contributed by atoms with Crippen LogP contribution in [0.1, 0.15) is 20.3 Å². The molecule has 0 aromatic carbocycles. The zero-order valence-electron chi connectivity index (χ0n) is 5.35. The van der Waals surface area contributed by atoms with Gasteiger partial charge in [0.25, 0.3) is 0 Å². The van der Waals surface area contributed by atoms with Crippen molar-refractivity contribution in [2.45, 2.75) is 32.0 Å². The van der Waals surface area contributed by atoms with Crippen LogP contribution in [0.4, 0.5) is 0 Å². The summed E-state index contributed by atoms with van der Waals surface area (Å²) in [6.45, 7) is 4.47. The summed E-state index contributed by atoms with van der Waals surface area (Å²) in [5, 5.41) is 9.04. The Morgan fingerprint density at radius 2 is 2.50 bits per heavy atom. The lowest BCUT2D eigenvalue weighted by molar-refractivity contribution is -0.229. The standard InChI is InChI=1S/C6H12O2/c1-3-6(2)5(7)4-8-6/h5,7H,3-4H2,1-2H3. The van der Waals surface area contributed by atoms with Crippen LogP contribution in [0.15, 0.2) is 0 Å². The summed E-state index contributed by atoms with van der Waals surface area (Å²) in [5.41, 5.74) is -0.222. The van der Waals surface area contributed by atoms with Gasteiger partial charge in [0.15, 0.2) is 0 Å². The maximum atomic E-state index is 9.04. The molecule has 0 amide bonds. The van der Waals surface area contributed by atoms with E-state index in [0.717, 1.165) is 6.42 Å². The number of aliphatic hydroxyl groups is 1. The first kappa shape index (κ1) is 6.05. The molecule has 2 nitrogen and oxygen atoms in total. The molecule has 48 valence electrons. The molecule has 0 aromatic heterocycles. The molecule has 1 heterocycles. The van der Waals surface area contributed by atoms with Gasteiger partial charge in [-0.1, -0.05) is 6.92 Å². The highest BCUT2D eigenvalue weighted by atomic mass is 16.6. The topological polar surface area (TPSA) is 29.5 Å². The normalized spacial score (nSPS) is 46.1. The van der Waals surface area contributed by atoms with Crippen LogP contribution >= 0.6 is 0 Å². The van der Waals surface area contributed by atoms with Crippen molar-refractivity contribution in [3.63, 3.8) is 0 Å². The molecule has 8 heavy (non-hydrogen) atoms. The summed E-state index contributed by atoms with van der Waals surface area (Å²) in [5.74, 6) is 0. The molecule has 1 fully saturated rings. The number of aliphatic hydroxyl groups excluding tert-OH is 1. The highest BCUT2D eigenvalue weighted by Gasteiger charge is 2.41. The van der Waals surface area contributed by atoms with Gasteiger partial charge in [0.05, 0.1) is 12.2 Å². The molecular weight excluding hydrogens is 104 g/mol. The molecule has 1 N–H and O–H groups in total. The first-order valence-corrected chi connectivity index (χ1v) is 3.01. The number of rotatable bonds is 1. The number of ether oxygens (including phenoxy) is 1. The monoisotopic (exact) mass is 116 g/mol. The first-order valence-electron chi connectivity index (χ1n) is 3.01. The third kappa shape index (κ3) is 0.644. The lowest BCUT2D eigenvalue weighted by Crippen LogP contribution is -2.55. The summed E-state index contributed by atoms with van der Waals surface area (Å²) in [6.07, 6.45) is 0.668. The molecule has 0 bridgehead atoms. The third-order valence-electron chi connectivity index (χ3n) is 1.98. The highest BCUT2D eigenvalue weighted by molar-refractivity contribution is 4.90. The second-order valence-electron chi connectivity index (χ2n) is 2.49. The van der Waals surface area contributed by atoms with Crippen molar-refractivity contribution in [3.8, 4) is 0 Å². The van der Waals surface area contributed by atoms with Gasteiger partial charge < -0.3 is 9.84 Å². The third-order valence-corrected chi connectivity index (χ3v) is 1.98. The molecule has 2 unspecified atom stereocenters. The van der Waals surface area contributed by atoms with Gasteiger partial charge in [-0.15, -0.1) is 0 Å². The first-order chi connectivity index (χ1) is 3.69.